The van der Waals surface area contributed by atoms with Crippen molar-refractivity contribution in [1.29, 1.82) is 0 Å². The number of fused-ring (bicyclic) bond motifs is 1. The summed E-state index contributed by atoms with van der Waals surface area (Å²) in [5.41, 5.74) is 4.19. The van der Waals surface area contributed by atoms with Crippen LogP contribution < -0.4 is 5.43 Å². The predicted octanol–water partition coefficient (Wildman–Crippen LogP) is 3.33. The molecule has 25 heavy (non-hydrogen) atoms. The molecule has 0 saturated heterocycles. The van der Waals surface area contributed by atoms with Crippen LogP contribution in [0.1, 0.15) is 18.1 Å². The van der Waals surface area contributed by atoms with Crippen molar-refractivity contribution >= 4 is 22.4 Å². The summed E-state index contributed by atoms with van der Waals surface area (Å²) in [5, 5.41) is 25.5. The number of nitrogens with one attached hydrogen (secondary N) is 1. The van der Waals surface area contributed by atoms with Gasteiger partial charge in [-0.2, -0.15) is 5.10 Å². The lowest BCUT2D eigenvalue weighted by molar-refractivity contribution is -0.120. The quantitative estimate of drug-likeness (QED) is 0.389. The fourth-order valence-corrected chi connectivity index (χ4v) is 2.68. The second-order valence-corrected chi connectivity index (χ2v) is 5.75. The Morgan fingerprint density at radius 2 is 1.80 bits per heavy atom. The summed E-state index contributed by atoms with van der Waals surface area (Å²) in [6.07, 6.45) is 0.199. The number of hydrazone groups is 1. The van der Waals surface area contributed by atoms with E-state index in [2.05, 4.69) is 10.5 Å². The molecule has 0 saturated carbocycles. The normalized spacial score (nSPS) is 11.5. The largest absolute Gasteiger partial charge is 0.508 e. The van der Waals surface area contributed by atoms with Gasteiger partial charge >= 0.3 is 0 Å². The van der Waals surface area contributed by atoms with Crippen LogP contribution in [0, 0.1) is 0 Å². The van der Waals surface area contributed by atoms with Gasteiger partial charge in [-0.1, -0.05) is 42.5 Å². The maximum absolute atomic E-state index is 12.2. The van der Waals surface area contributed by atoms with Crippen LogP contribution in [-0.4, -0.2) is 21.8 Å². The number of rotatable bonds is 4. The fraction of sp³-hybridized carbons (Fsp3) is 0.100. The number of hydrogen-bond acceptors (Lipinski definition) is 4. The van der Waals surface area contributed by atoms with E-state index in [9.17, 15) is 15.0 Å². The minimum atomic E-state index is -0.254. The highest BCUT2D eigenvalue weighted by molar-refractivity contribution is 6.02. The number of phenolic OH excluding ortho intramolecular Hbond substituents is 2. The smallest absolute Gasteiger partial charge is 0.244 e. The molecule has 3 aromatic carbocycles. The Morgan fingerprint density at radius 1 is 1.04 bits per heavy atom. The van der Waals surface area contributed by atoms with Gasteiger partial charge in [-0.3, -0.25) is 4.79 Å². The number of phenols is 2. The van der Waals surface area contributed by atoms with Crippen molar-refractivity contribution < 1.29 is 15.0 Å². The molecule has 0 aliphatic rings. The molecular weight excluding hydrogens is 316 g/mol. The second-order valence-electron chi connectivity index (χ2n) is 5.75. The molecule has 5 heteroatoms. The maximum Gasteiger partial charge on any atom is 0.244 e. The Morgan fingerprint density at radius 3 is 2.64 bits per heavy atom. The van der Waals surface area contributed by atoms with Crippen molar-refractivity contribution in [2.45, 2.75) is 13.3 Å². The number of aromatic hydroxyl groups is 2. The van der Waals surface area contributed by atoms with Gasteiger partial charge in [-0.25, -0.2) is 5.43 Å². The van der Waals surface area contributed by atoms with Gasteiger partial charge in [-0.05, 0) is 41.5 Å². The van der Waals surface area contributed by atoms with Crippen LogP contribution in [0.4, 0.5) is 0 Å². The standard InChI is InChI=1S/C20H18N2O3/c1-13(18-12-16(23)9-10-19(18)24)21-22-20(25)11-15-7-4-6-14-5-2-3-8-17(14)15/h2-10,12,23-24H,11H2,1H3,(H,22,25)/b21-13+. The summed E-state index contributed by atoms with van der Waals surface area (Å²) < 4.78 is 0. The molecule has 0 aromatic heterocycles. The van der Waals surface area contributed by atoms with Crippen molar-refractivity contribution in [1.82, 2.24) is 5.43 Å². The number of benzene rings is 3. The summed E-state index contributed by atoms with van der Waals surface area (Å²) in [6.45, 7) is 1.65. The molecule has 0 spiro atoms. The third kappa shape index (κ3) is 3.77. The summed E-state index contributed by atoms with van der Waals surface area (Å²) >= 11 is 0. The molecule has 0 heterocycles. The van der Waals surface area contributed by atoms with Gasteiger partial charge in [0.05, 0.1) is 12.1 Å². The van der Waals surface area contributed by atoms with Crippen LogP contribution in [0.2, 0.25) is 0 Å². The maximum atomic E-state index is 12.2. The first-order valence-corrected chi connectivity index (χ1v) is 7.87. The van der Waals surface area contributed by atoms with E-state index >= 15 is 0 Å². The Bertz CT molecular complexity index is 959. The highest BCUT2D eigenvalue weighted by atomic mass is 16.3. The monoisotopic (exact) mass is 334 g/mol. The van der Waals surface area contributed by atoms with Gasteiger partial charge < -0.3 is 10.2 Å². The number of carbonyl (C=O) groups excluding carboxylic acids is 1. The molecule has 1 amide bonds. The van der Waals surface area contributed by atoms with E-state index in [0.717, 1.165) is 16.3 Å². The van der Waals surface area contributed by atoms with Crippen molar-refractivity contribution in [2.75, 3.05) is 0 Å². The van der Waals surface area contributed by atoms with Gasteiger partial charge in [0.15, 0.2) is 0 Å². The lowest BCUT2D eigenvalue weighted by Gasteiger charge is -2.07. The predicted molar refractivity (Wildman–Crippen MR) is 97.8 cm³/mol. The molecule has 0 aliphatic carbocycles. The van der Waals surface area contributed by atoms with Crippen LogP contribution in [0.25, 0.3) is 10.8 Å². The van der Waals surface area contributed by atoms with Crippen LogP contribution in [0.3, 0.4) is 0 Å². The molecule has 126 valence electrons. The molecule has 0 radical (unpaired) electrons. The molecule has 0 fully saturated rings. The van der Waals surface area contributed by atoms with Crippen LogP contribution >= 0.6 is 0 Å². The van der Waals surface area contributed by atoms with Gasteiger partial charge in [0.25, 0.3) is 0 Å². The van der Waals surface area contributed by atoms with Crippen LogP contribution in [0.15, 0.2) is 65.8 Å². The zero-order chi connectivity index (χ0) is 17.8. The Hall–Kier alpha value is -3.34. The Kier molecular flexibility index (Phi) is 4.66. The molecule has 3 N–H and O–H groups in total. The first-order chi connectivity index (χ1) is 12.0. The molecule has 3 rings (SSSR count). The van der Waals surface area contributed by atoms with Gasteiger partial charge in [0, 0.05) is 5.56 Å². The highest BCUT2D eigenvalue weighted by Gasteiger charge is 2.09. The SMILES string of the molecule is C/C(=N\NC(=O)Cc1cccc2ccccc12)c1cc(O)ccc1O. The zero-order valence-corrected chi connectivity index (χ0v) is 13.7. The fourth-order valence-electron chi connectivity index (χ4n) is 2.68. The molecule has 0 unspecified atom stereocenters. The topological polar surface area (TPSA) is 81.9 Å². The van der Waals surface area contributed by atoms with Crippen molar-refractivity contribution in [3.05, 3.63) is 71.8 Å². The van der Waals surface area contributed by atoms with E-state index in [0.29, 0.717) is 11.3 Å². The Balaban J connectivity index is 1.75. The highest BCUT2D eigenvalue weighted by Crippen LogP contribution is 2.22. The number of nitrogens with zero attached hydrogens (tertiary/aromatic N) is 1. The molecule has 0 aliphatic heterocycles. The minimum Gasteiger partial charge on any atom is -0.508 e. The van der Waals surface area contributed by atoms with E-state index in [1.54, 1.807) is 6.92 Å². The molecular formula is C20H18N2O3. The number of carbonyl (C=O) groups is 1. The van der Waals surface area contributed by atoms with Crippen molar-refractivity contribution in [2.24, 2.45) is 5.10 Å². The van der Waals surface area contributed by atoms with Crippen molar-refractivity contribution in [3.63, 3.8) is 0 Å². The van der Waals surface area contributed by atoms with E-state index in [4.69, 9.17) is 0 Å². The molecule has 5 nitrogen and oxygen atoms in total. The summed E-state index contributed by atoms with van der Waals surface area (Å²) in [4.78, 5) is 12.2. The zero-order valence-electron chi connectivity index (χ0n) is 13.7. The lowest BCUT2D eigenvalue weighted by atomic mass is 10.0. The van der Waals surface area contributed by atoms with E-state index in [1.807, 2.05) is 42.5 Å². The average Bonchev–Trinajstić information content (AvgIpc) is 2.62. The van der Waals surface area contributed by atoms with Gasteiger partial charge in [0.2, 0.25) is 5.91 Å². The van der Waals surface area contributed by atoms with Crippen LogP contribution in [0.5, 0.6) is 11.5 Å². The lowest BCUT2D eigenvalue weighted by Crippen LogP contribution is -2.21. The van der Waals surface area contributed by atoms with E-state index in [1.165, 1.54) is 18.2 Å². The minimum absolute atomic E-state index is 0.0117. The summed E-state index contributed by atoms with van der Waals surface area (Å²) in [6, 6.07) is 17.9. The second kappa shape index (κ2) is 7.05. The van der Waals surface area contributed by atoms with Gasteiger partial charge in [-0.15, -0.1) is 0 Å². The summed E-state index contributed by atoms with van der Waals surface area (Å²) in [5.74, 6) is -0.248. The molecule has 0 bridgehead atoms. The van der Waals surface area contributed by atoms with E-state index in [-0.39, 0.29) is 23.8 Å². The molecule has 3 aromatic rings. The van der Waals surface area contributed by atoms with Gasteiger partial charge in [0.1, 0.15) is 11.5 Å². The van der Waals surface area contributed by atoms with Crippen LogP contribution in [-0.2, 0) is 11.2 Å². The Labute approximate surface area is 145 Å². The molecule has 0 atom stereocenters. The average molecular weight is 334 g/mol. The van der Waals surface area contributed by atoms with Crippen molar-refractivity contribution in [3.8, 4) is 11.5 Å². The number of amides is 1. The summed E-state index contributed by atoms with van der Waals surface area (Å²) in [7, 11) is 0. The third-order valence-corrected chi connectivity index (χ3v) is 3.95. The number of hydrogen-bond donors (Lipinski definition) is 3. The third-order valence-electron chi connectivity index (χ3n) is 3.95. The van der Waals surface area contributed by atoms with E-state index < -0.39 is 0 Å². The first kappa shape index (κ1) is 16.5. The first-order valence-electron chi connectivity index (χ1n) is 7.87.